The van der Waals surface area contributed by atoms with Gasteiger partial charge in [-0.3, -0.25) is 4.79 Å². The first-order chi connectivity index (χ1) is 12.5. The summed E-state index contributed by atoms with van der Waals surface area (Å²) < 4.78 is 25.4. The van der Waals surface area contributed by atoms with Gasteiger partial charge in [0.25, 0.3) is 0 Å². The summed E-state index contributed by atoms with van der Waals surface area (Å²) in [5, 5.41) is 3.31. The van der Waals surface area contributed by atoms with Crippen LogP contribution >= 0.6 is 12.4 Å². The maximum Gasteiger partial charge on any atom is 0.223 e. The van der Waals surface area contributed by atoms with E-state index in [0.717, 1.165) is 57.2 Å². The third kappa shape index (κ3) is 5.46. The van der Waals surface area contributed by atoms with Crippen molar-refractivity contribution in [1.82, 2.24) is 10.2 Å². The molecule has 7 heteroatoms. The van der Waals surface area contributed by atoms with E-state index < -0.39 is 9.84 Å². The Bertz CT molecular complexity index is 746. The molecule has 1 N–H and O–H groups in total. The lowest BCUT2D eigenvalue weighted by Gasteiger charge is -2.34. The zero-order valence-electron chi connectivity index (χ0n) is 16.1. The third-order valence-electron chi connectivity index (χ3n) is 5.55. The molecule has 1 aromatic rings. The molecule has 5 nitrogen and oxygen atoms in total. The van der Waals surface area contributed by atoms with Gasteiger partial charge in [0.15, 0.2) is 9.84 Å². The Labute approximate surface area is 169 Å². The number of fused-ring (bicyclic) bond motifs is 1. The fraction of sp³-hybridized carbons (Fsp3) is 0.650. The molecular weight excluding hydrogens is 384 g/mol. The number of amides is 1. The maximum absolute atomic E-state index is 12.7. The Morgan fingerprint density at radius 2 is 1.89 bits per heavy atom. The van der Waals surface area contributed by atoms with E-state index >= 15 is 0 Å². The minimum absolute atomic E-state index is 0. The van der Waals surface area contributed by atoms with Crippen molar-refractivity contribution in [3.63, 3.8) is 0 Å². The Morgan fingerprint density at radius 3 is 2.59 bits per heavy atom. The van der Waals surface area contributed by atoms with E-state index in [4.69, 9.17) is 0 Å². The maximum atomic E-state index is 12.7. The Hall–Kier alpha value is -1.11. The van der Waals surface area contributed by atoms with Crippen molar-refractivity contribution < 1.29 is 13.2 Å². The number of carbonyl (C=O) groups is 1. The molecule has 1 fully saturated rings. The summed E-state index contributed by atoms with van der Waals surface area (Å²) in [6.07, 6.45) is 5.96. The number of benzene rings is 1. The molecule has 0 radical (unpaired) electrons. The van der Waals surface area contributed by atoms with Crippen LogP contribution in [0, 0.1) is 0 Å². The fourth-order valence-corrected chi connectivity index (χ4v) is 5.37. The molecule has 1 heterocycles. The van der Waals surface area contributed by atoms with Gasteiger partial charge in [0.05, 0.1) is 10.6 Å². The number of rotatable bonds is 7. The van der Waals surface area contributed by atoms with Gasteiger partial charge in [-0.1, -0.05) is 13.0 Å². The molecule has 152 valence electrons. The largest absolute Gasteiger partial charge is 0.340 e. The monoisotopic (exact) mass is 414 g/mol. The lowest BCUT2D eigenvalue weighted by atomic mass is 10.0. The van der Waals surface area contributed by atoms with Crippen LogP contribution in [0.25, 0.3) is 0 Å². The van der Waals surface area contributed by atoms with Crippen molar-refractivity contribution in [2.45, 2.75) is 62.8 Å². The molecular formula is C20H31ClN2O3S. The number of hydrogen-bond acceptors (Lipinski definition) is 4. The zero-order valence-corrected chi connectivity index (χ0v) is 17.7. The highest BCUT2D eigenvalue weighted by atomic mass is 35.5. The first-order valence-corrected chi connectivity index (χ1v) is 11.5. The first kappa shape index (κ1) is 22.2. The van der Waals surface area contributed by atoms with Crippen molar-refractivity contribution in [3.05, 3.63) is 29.3 Å². The Balaban J connectivity index is 0.00000261. The van der Waals surface area contributed by atoms with Gasteiger partial charge in [-0.15, -0.1) is 12.4 Å². The zero-order chi connectivity index (χ0) is 18.6. The van der Waals surface area contributed by atoms with Crippen LogP contribution in [-0.4, -0.2) is 50.7 Å². The van der Waals surface area contributed by atoms with Gasteiger partial charge < -0.3 is 10.2 Å². The second kappa shape index (κ2) is 9.89. The average molecular weight is 415 g/mol. The number of carbonyl (C=O) groups excluding carboxylic acids is 1. The van der Waals surface area contributed by atoms with Crippen LogP contribution in [0.1, 0.15) is 50.2 Å². The van der Waals surface area contributed by atoms with E-state index in [1.165, 1.54) is 5.56 Å². The van der Waals surface area contributed by atoms with Crippen molar-refractivity contribution in [2.75, 3.05) is 25.4 Å². The number of aryl methyl sites for hydroxylation is 2. The number of nitrogens with zero attached hydrogens (tertiary/aromatic N) is 1. The topological polar surface area (TPSA) is 66.5 Å². The van der Waals surface area contributed by atoms with Gasteiger partial charge in [-0.2, -0.15) is 0 Å². The second-order valence-electron chi connectivity index (χ2n) is 7.42. The molecule has 1 aliphatic carbocycles. The quantitative estimate of drug-likeness (QED) is 0.744. The number of halogens is 1. The molecule has 2 aliphatic rings. The lowest BCUT2D eigenvalue weighted by Crippen LogP contribution is -2.46. The molecule has 0 unspecified atom stereocenters. The van der Waals surface area contributed by atoms with Crippen LogP contribution in [0.5, 0.6) is 0 Å². The summed E-state index contributed by atoms with van der Waals surface area (Å²) in [6.45, 7) is 4.61. The summed E-state index contributed by atoms with van der Waals surface area (Å²) in [6, 6.07) is 5.71. The predicted molar refractivity (Wildman–Crippen MR) is 110 cm³/mol. The Kier molecular flexibility index (Phi) is 8.13. The minimum atomic E-state index is -3.42. The van der Waals surface area contributed by atoms with Gasteiger partial charge in [0, 0.05) is 19.0 Å². The van der Waals surface area contributed by atoms with Crippen LogP contribution in [0.4, 0.5) is 0 Å². The van der Waals surface area contributed by atoms with Gasteiger partial charge in [0.2, 0.25) is 5.91 Å². The lowest BCUT2D eigenvalue weighted by molar-refractivity contribution is -0.133. The number of sulfone groups is 1. The first-order valence-electron chi connectivity index (χ1n) is 9.86. The highest BCUT2D eigenvalue weighted by Gasteiger charge is 2.26. The SMILES string of the molecule is CCCN(C(=O)CCS(=O)(=O)c1ccc2c(c1)CCC2)C1CCNCC1.Cl. The van der Waals surface area contributed by atoms with E-state index in [1.807, 2.05) is 17.0 Å². The van der Waals surface area contributed by atoms with Gasteiger partial charge in [-0.05, 0) is 74.9 Å². The molecule has 3 rings (SSSR count). The van der Waals surface area contributed by atoms with Crippen molar-refractivity contribution in [2.24, 2.45) is 0 Å². The van der Waals surface area contributed by atoms with Crippen LogP contribution in [0.15, 0.2) is 23.1 Å². The standard InChI is InChI=1S/C20H30N2O3S.ClH/c1-2-13-22(18-8-11-21-12-9-18)20(23)10-14-26(24,25)19-7-6-16-4-3-5-17(16)15-19;/h6-7,15,18,21H,2-5,8-14H2,1H3;1H. The molecule has 0 spiro atoms. The molecule has 0 atom stereocenters. The summed E-state index contributed by atoms with van der Waals surface area (Å²) in [4.78, 5) is 15.0. The number of nitrogens with one attached hydrogen (secondary N) is 1. The average Bonchev–Trinajstić information content (AvgIpc) is 3.13. The molecule has 1 saturated heterocycles. The van der Waals surface area contributed by atoms with E-state index in [9.17, 15) is 13.2 Å². The number of hydrogen-bond donors (Lipinski definition) is 1. The van der Waals surface area contributed by atoms with Gasteiger partial charge in [0.1, 0.15) is 0 Å². The molecule has 1 amide bonds. The van der Waals surface area contributed by atoms with Crippen LogP contribution < -0.4 is 5.32 Å². The van der Waals surface area contributed by atoms with E-state index in [1.54, 1.807) is 6.07 Å². The summed E-state index contributed by atoms with van der Waals surface area (Å²) in [5.74, 6) is -0.126. The molecule has 27 heavy (non-hydrogen) atoms. The van der Waals surface area contributed by atoms with Crippen LogP contribution in [0.2, 0.25) is 0 Å². The van der Waals surface area contributed by atoms with Crippen LogP contribution in [0.3, 0.4) is 0 Å². The molecule has 0 aromatic heterocycles. The fourth-order valence-electron chi connectivity index (χ4n) is 4.09. The minimum Gasteiger partial charge on any atom is -0.340 e. The predicted octanol–water partition coefficient (Wildman–Crippen LogP) is 2.75. The highest BCUT2D eigenvalue weighted by molar-refractivity contribution is 7.91. The summed E-state index contributed by atoms with van der Waals surface area (Å²) in [5.41, 5.74) is 2.42. The van der Waals surface area contributed by atoms with Crippen LogP contribution in [-0.2, 0) is 27.5 Å². The van der Waals surface area contributed by atoms with E-state index in [0.29, 0.717) is 11.4 Å². The highest BCUT2D eigenvalue weighted by Crippen LogP contribution is 2.25. The molecule has 1 aromatic carbocycles. The van der Waals surface area contributed by atoms with Gasteiger partial charge in [-0.25, -0.2) is 8.42 Å². The van der Waals surface area contributed by atoms with Crippen molar-refractivity contribution in [3.8, 4) is 0 Å². The van der Waals surface area contributed by atoms with Crippen molar-refractivity contribution in [1.29, 1.82) is 0 Å². The summed E-state index contributed by atoms with van der Waals surface area (Å²) >= 11 is 0. The number of piperidine rings is 1. The van der Waals surface area contributed by atoms with Crippen molar-refractivity contribution >= 4 is 28.2 Å². The van der Waals surface area contributed by atoms with E-state index in [2.05, 4.69) is 12.2 Å². The van der Waals surface area contributed by atoms with Gasteiger partial charge >= 0.3 is 0 Å². The normalized spacial score (nSPS) is 17.2. The van der Waals surface area contributed by atoms with E-state index in [-0.39, 0.29) is 36.5 Å². The second-order valence-corrected chi connectivity index (χ2v) is 9.53. The summed E-state index contributed by atoms with van der Waals surface area (Å²) in [7, 11) is -3.42. The Morgan fingerprint density at radius 1 is 1.19 bits per heavy atom. The molecule has 1 aliphatic heterocycles. The molecule has 0 bridgehead atoms. The molecule has 0 saturated carbocycles. The smallest absolute Gasteiger partial charge is 0.223 e. The third-order valence-corrected chi connectivity index (χ3v) is 7.26.